The van der Waals surface area contributed by atoms with Gasteiger partial charge in [0.2, 0.25) is 5.91 Å². The fourth-order valence-corrected chi connectivity index (χ4v) is 2.65. The molecule has 2 fully saturated rings. The van der Waals surface area contributed by atoms with Crippen LogP contribution in [0.3, 0.4) is 0 Å². The molecule has 0 saturated carbocycles. The highest BCUT2D eigenvalue weighted by Crippen LogP contribution is 2.17. The largest absolute Gasteiger partial charge is 0.378 e. The Morgan fingerprint density at radius 1 is 1.44 bits per heavy atom. The average molecular weight is 255 g/mol. The van der Waals surface area contributed by atoms with Crippen LogP contribution in [0.2, 0.25) is 0 Å². The summed E-state index contributed by atoms with van der Waals surface area (Å²) in [7, 11) is 0. The Bertz CT molecular complexity index is 259. The van der Waals surface area contributed by atoms with Crippen molar-refractivity contribution in [2.24, 2.45) is 5.92 Å². The summed E-state index contributed by atoms with van der Waals surface area (Å²) in [6.07, 6.45) is 2.23. The zero-order valence-electron chi connectivity index (χ0n) is 11.3. The van der Waals surface area contributed by atoms with Gasteiger partial charge in [0.05, 0.1) is 13.2 Å². The van der Waals surface area contributed by atoms with Crippen LogP contribution >= 0.6 is 0 Å². The topological polar surface area (TPSA) is 53.6 Å². The second kappa shape index (κ2) is 7.07. The molecule has 104 valence electrons. The van der Waals surface area contributed by atoms with E-state index in [1.54, 1.807) is 0 Å². The molecule has 0 aromatic rings. The monoisotopic (exact) mass is 255 g/mol. The maximum absolute atomic E-state index is 12.2. The molecule has 0 aromatic carbocycles. The first kappa shape index (κ1) is 13.8. The molecule has 2 N–H and O–H groups in total. The molecule has 2 aliphatic heterocycles. The lowest BCUT2D eigenvalue weighted by Gasteiger charge is -2.35. The predicted octanol–water partition coefficient (Wildman–Crippen LogP) is -0.177. The number of likely N-dealkylation sites (tertiary alicyclic amines) is 1. The van der Waals surface area contributed by atoms with E-state index >= 15 is 0 Å². The molecular formula is C13H25N3O2. The van der Waals surface area contributed by atoms with Crippen molar-refractivity contribution in [1.29, 1.82) is 0 Å². The van der Waals surface area contributed by atoms with Crippen molar-refractivity contribution < 1.29 is 9.53 Å². The molecule has 1 unspecified atom stereocenters. The van der Waals surface area contributed by atoms with E-state index in [1.165, 1.54) is 0 Å². The molecule has 2 saturated heterocycles. The van der Waals surface area contributed by atoms with Crippen LogP contribution < -0.4 is 10.6 Å². The number of nitrogens with one attached hydrogen (secondary N) is 2. The van der Waals surface area contributed by atoms with Crippen molar-refractivity contribution in [1.82, 2.24) is 15.5 Å². The van der Waals surface area contributed by atoms with Gasteiger partial charge in [-0.05, 0) is 31.8 Å². The van der Waals surface area contributed by atoms with Crippen LogP contribution in [0.15, 0.2) is 0 Å². The van der Waals surface area contributed by atoms with Crippen LogP contribution in [0.25, 0.3) is 0 Å². The summed E-state index contributed by atoms with van der Waals surface area (Å²) in [5, 5.41) is 6.62. The van der Waals surface area contributed by atoms with Gasteiger partial charge < -0.3 is 20.3 Å². The third-order valence-corrected chi connectivity index (χ3v) is 3.83. The molecule has 1 atom stereocenters. The Balaban J connectivity index is 1.73. The first-order valence-electron chi connectivity index (χ1n) is 7.12. The van der Waals surface area contributed by atoms with Crippen molar-refractivity contribution >= 4 is 5.91 Å². The Labute approximate surface area is 109 Å². The van der Waals surface area contributed by atoms with E-state index in [4.69, 9.17) is 4.74 Å². The zero-order chi connectivity index (χ0) is 12.8. The van der Waals surface area contributed by atoms with Crippen molar-refractivity contribution in [2.75, 3.05) is 45.9 Å². The fourth-order valence-electron chi connectivity index (χ4n) is 2.65. The number of morpholine rings is 1. The summed E-state index contributed by atoms with van der Waals surface area (Å²) in [6.45, 7) is 8.07. The maximum Gasteiger partial charge on any atom is 0.242 e. The Morgan fingerprint density at radius 3 is 2.83 bits per heavy atom. The van der Waals surface area contributed by atoms with E-state index in [-0.39, 0.29) is 11.9 Å². The van der Waals surface area contributed by atoms with Crippen molar-refractivity contribution in [3.8, 4) is 0 Å². The number of carbonyl (C=O) groups is 1. The number of hydrogen-bond acceptors (Lipinski definition) is 4. The van der Waals surface area contributed by atoms with Gasteiger partial charge in [0, 0.05) is 19.6 Å². The van der Waals surface area contributed by atoms with Crippen molar-refractivity contribution in [3.05, 3.63) is 0 Å². The number of hydrogen-bond donors (Lipinski definition) is 2. The van der Waals surface area contributed by atoms with E-state index in [1.807, 2.05) is 4.90 Å². The van der Waals surface area contributed by atoms with Gasteiger partial charge >= 0.3 is 0 Å². The zero-order valence-corrected chi connectivity index (χ0v) is 11.3. The SMILES string of the molecule is CCNCC1CCN(C(=O)C2COCCN2)CC1. The Kier molecular flexibility index (Phi) is 5.41. The van der Waals surface area contributed by atoms with E-state index in [2.05, 4.69) is 17.6 Å². The normalized spacial score (nSPS) is 26.3. The summed E-state index contributed by atoms with van der Waals surface area (Å²) < 4.78 is 5.35. The molecule has 0 radical (unpaired) electrons. The summed E-state index contributed by atoms with van der Waals surface area (Å²) >= 11 is 0. The fraction of sp³-hybridized carbons (Fsp3) is 0.923. The summed E-state index contributed by atoms with van der Waals surface area (Å²) in [5.41, 5.74) is 0. The lowest BCUT2D eigenvalue weighted by molar-refractivity contribution is -0.137. The first-order valence-corrected chi connectivity index (χ1v) is 7.12. The highest BCUT2D eigenvalue weighted by molar-refractivity contribution is 5.82. The molecule has 0 spiro atoms. The van der Waals surface area contributed by atoms with Gasteiger partial charge in [-0.1, -0.05) is 6.92 Å². The van der Waals surface area contributed by atoms with Gasteiger partial charge in [0.25, 0.3) is 0 Å². The van der Waals surface area contributed by atoms with Crippen molar-refractivity contribution in [2.45, 2.75) is 25.8 Å². The van der Waals surface area contributed by atoms with E-state index < -0.39 is 0 Å². The van der Waals surface area contributed by atoms with Crippen LogP contribution in [0.1, 0.15) is 19.8 Å². The minimum Gasteiger partial charge on any atom is -0.378 e. The third-order valence-electron chi connectivity index (χ3n) is 3.83. The minimum absolute atomic E-state index is 0.121. The van der Waals surface area contributed by atoms with Crippen LogP contribution in [0, 0.1) is 5.92 Å². The maximum atomic E-state index is 12.2. The summed E-state index contributed by atoms with van der Waals surface area (Å²) in [4.78, 5) is 14.2. The molecule has 2 aliphatic rings. The Morgan fingerprint density at radius 2 is 2.22 bits per heavy atom. The van der Waals surface area contributed by atoms with E-state index in [0.29, 0.717) is 13.2 Å². The van der Waals surface area contributed by atoms with E-state index in [0.717, 1.165) is 51.5 Å². The first-order chi connectivity index (χ1) is 8.81. The van der Waals surface area contributed by atoms with Gasteiger partial charge in [-0.3, -0.25) is 4.79 Å². The van der Waals surface area contributed by atoms with Crippen LogP contribution in [-0.4, -0.2) is 62.8 Å². The second-order valence-corrected chi connectivity index (χ2v) is 5.16. The van der Waals surface area contributed by atoms with Gasteiger partial charge in [0.15, 0.2) is 0 Å². The lowest BCUT2D eigenvalue weighted by atomic mass is 9.96. The quantitative estimate of drug-likeness (QED) is 0.732. The number of nitrogens with zero attached hydrogens (tertiary/aromatic N) is 1. The second-order valence-electron chi connectivity index (χ2n) is 5.16. The smallest absolute Gasteiger partial charge is 0.242 e. The number of piperidine rings is 1. The lowest BCUT2D eigenvalue weighted by Crippen LogP contribution is -2.54. The highest BCUT2D eigenvalue weighted by Gasteiger charge is 2.29. The number of rotatable bonds is 4. The molecule has 0 bridgehead atoms. The standard InChI is InChI=1S/C13H25N3O2/c1-2-14-9-11-3-6-16(7-4-11)13(17)12-10-18-8-5-15-12/h11-12,14-15H,2-10H2,1H3. The molecule has 2 heterocycles. The van der Waals surface area contributed by atoms with Crippen LogP contribution in [-0.2, 0) is 9.53 Å². The molecule has 5 heteroatoms. The molecule has 5 nitrogen and oxygen atoms in total. The van der Waals surface area contributed by atoms with Crippen LogP contribution in [0.4, 0.5) is 0 Å². The van der Waals surface area contributed by atoms with Gasteiger partial charge in [-0.2, -0.15) is 0 Å². The molecular weight excluding hydrogens is 230 g/mol. The van der Waals surface area contributed by atoms with E-state index in [9.17, 15) is 4.79 Å². The molecule has 0 aliphatic carbocycles. The predicted molar refractivity (Wildman–Crippen MR) is 70.5 cm³/mol. The molecule has 2 rings (SSSR count). The number of amides is 1. The summed E-state index contributed by atoms with van der Waals surface area (Å²) in [5.74, 6) is 0.946. The Hall–Kier alpha value is -0.650. The van der Waals surface area contributed by atoms with Crippen LogP contribution in [0.5, 0.6) is 0 Å². The highest BCUT2D eigenvalue weighted by atomic mass is 16.5. The number of carbonyl (C=O) groups excluding carboxylic acids is 1. The third kappa shape index (κ3) is 3.67. The molecule has 1 amide bonds. The van der Waals surface area contributed by atoms with Gasteiger partial charge in [-0.15, -0.1) is 0 Å². The summed E-state index contributed by atoms with van der Waals surface area (Å²) in [6, 6.07) is -0.121. The van der Waals surface area contributed by atoms with Gasteiger partial charge in [-0.25, -0.2) is 0 Å². The van der Waals surface area contributed by atoms with Gasteiger partial charge in [0.1, 0.15) is 6.04 Å². The van der Waals surface area contributed by atoms with Crippen molar-refractivity contribution in [3.63, 3.8) is 0 Å². The average Bonchev–Trinajstić information content (AvgIpc) is 2.46. The minimum atomic E-state index is -0.121. The molecule has 18 heavy (non-hydrogen) atoms. The number of ether oxygens (including phenoxy) is 1. The molecule has 0 aromatic heterocycles.